The molecule has 0 bridgehead atoms. The number of carbonyl (C=O) groups excluding carboxylic acids is 1. The van der Waals surface area contributed by atoms with Crippen molar-refractivity contribution in [3.05, 3.63) is 59.9 Å². The molecule has 1 N–H and O–H groups in total. The van der Waals surface area contributed by atoms with Gasteiger partial charge in [0.25, 0.3) is 0 Å². The molecule has 2 aromatic rings. The molecule has 0 radical (unpaired) electrons. The fourth-order valence-corrected chi connectivity index (χ4v) is 1.81. The summed E-state index contributed by atoms with van der Waals surface area (Å²) >= 11 is 0. The van der Waals surface area contributed by atoms with Crippen LogP contribution in [0, 0.1) is 5.82 Å². The van der Waals surface area contributed by atoms with Crippen LogP contribution in [0.1, 0.15) is 13.0 Å². The normalized spacial score (nSPS) is 13.8. The largest absolute Gasteiger partial charge is 0.497 e. The maximum absolute atomic E-state index is 14.0. The van der Waals surface area contributed by atoms with Crippen molar-refractivity contribution < 1.29 is 20.0 Å². The van der Waals surface area contributed by atoms with Gasteiger partial charge in [-0.3, -0.25) is 0 Å². The van der Waals surface area contributed by atoms with Gasteiger partial charge in [-0.2, -0.15) is 0 Å². The number of methoxy groups -OCH3 is 2. The first kappa shape index (κ1) is 13.4. The quantitative estimate of drug-likeness (QED) is 0.859. The van der Waals surface area contributed by atoms with Gasteiger partial charge in [-0.15, -0.1) is 0 Å². The van der Waals surface area contributed by atoms with Gasteiger partial charge >= 0.3 is 5.97 Å². The predicted molar refractivity (Wildman–Crippen MR) is 77.8 cm³/mol. The van der Waals surface area contributed by atoms with Crippen molar-refractivity contribution in [3.8, 4) is 5.75 Å². The van der Waals surface area contributed by atoms with Gasteiger partial charge in [0.05, 0.1) is 15.6 Å². The Bertz CT molecular complexity index is 663. The number of anilines is 1. The molecule has 0 unspecified atom stereocenters. The number of halogens is 1. The van der Waals surface area contributed by atoms with Gasteiger partial charge in [0, 0.05) is 11.3 Å². The second-order valence-corrected chi connectivity index (χ2v) is 4.20. The van der Waals surface area contributed by atoms with Gasteiger partial charge in [0.2, 0.25) is 0 Å². The lowest BCUT2D eigenvalue weighted by Gasteiger charge is -2.18. The Morgan fingerprint density at radius 3 is 2.43 bits per heavy atom. The molecule has 0 spiro atoms. The standard InChI is InChI=1S/C16H16FNO3/c1-20-12-9-7-11(8-10-12)18-15(16(19)21-2)13-5-3-4-6-14(13)17/h3-10,15,18H,1-2H3/t15-/m0/s1/i15D. The minimum atomic E-state index is -2.09. The zero-order chi connectivity index (χ0) is 16.2. The number of hydrogen-bond donors (Lipinski definition) is 1. The summed E-state index contributed by atoms with van der Waals surface area (Å²) in [5.41, 5.74) is 0.349. The van der Waals surface area contributed by atoms with Crippen molar-refractivity contribution in [1.82, 2.24) is 0 Å². The average molecular weight is 290 g/mol. The van der Waals surface area contributed by atoms with Crippen LogP contribution in [0.2, 0.25) is 0 Å². The zero-order valence-corrected chi connectivity index (χ0v) is 11.7. The molecule has 2 rings (SSSR count). The summed E-state index contributed by atoms with van der Waals surface area (Å²) in [5.74, 6) is -0.942. The Balaban J connectivity index is 2.41. The van der Waals surface area contributed by atoms with Crippen LogP contribution in [0.5, 0.6) is 5.75 Å². The van der Waals surface area contributed by atoms with E-state index >= 15 is 0 Å². The average Bonchev–Trinajstić information content (AvgIpc) is 2.55. The van der Waals surface area contributed by atoms with Crippen molar-refractivity contribution >= 4 is 11.7 Å². The third-order valence-corrected chi connectivity index (χ3v) is 2.89. The molecule has 0 aliphatic carbocycles. The number of nitrogens with one attached hydrogen (secondary N) is 1. The Morgan fingerprint density at radius 1 is 1.19 bits per heavy atom. The van der Waals surface area contributed by atoms with E-state index in [9.17, 15) is 9.18 Å². The van der Waals surface area contributed by atoms with Crippen molar-refractivity contribution in [1.29, 1.82) is 0 Å². The van der Waals surface area contributed by atoms with Gasteiger partial charge in [-0.1, -0.05) is 18.2 Å². The third-order valence-electron chi connectivity index (χ3n) is 2.89. The molecule has 0 saturated heterocycles. The Morgan fingerprint density at radius 2 is 1.86 bits per heavy atom. The van der Waals surface area contributed by atoms with Crippen LogP contribution in [-0.2, 0) is 9.53 Å². The van der Waals surface area contributed by atoms with Crippen LogP contribution in [0.3, 0.4) is 0 Å². The van der Waals surface area contributed by atoms with E-state index < -0.39 is 17.8 Å². The SMILES string of the molecule is [2H][C@@](Nc1ccc(OC)cc1)(C(=O)OC)c1ccccc1F. The molecule has 0 aliphatic heterocycles. The maximum atomic E-state index is 14.0. The number of esters is 1. The van der Waals surface area contributed by atoms with E-state index in [1.165, 1.54) is 25.3 Å². The second kappa shape index (κ2) is 6.74. The minimum Gasteiger partial charge on any atom is -0.497 e. The molecule has 0 saturated carbocycles. The van der Waals surface area contributed by atoms with E-state index in [1.54, 1.807) is 30.3 Å². The van der Waals surface area contributed by atoms with Crippen LogP contribution in [0.15, 0.2) is 48.5 Å². The summed E-state index contributed by atoms with van der Waals surface area (Å²) in [6.45, 7) is 0. The van der Waals surface area contributed by atoms with Crippen LogP contribution < -0.4 is 10.1 Å². The fourth-order valence-electron chi connectivity index (χ4n) is 1.81. The van der Waals surface area contributed by atoms with E-state index in [0.29, 0.717) is 11.4 Å². The monoisotopic (exact) mass is 290 g/mol. The fraction of sp³-hybridized carbons (Fsp3) is 0.188. The summed E-state index contributed by atoms with van der Waals surface area (Å²) in [6, 6.07) is 10.1. The smallest absolute Gasteiger partial charge is 0.333 e. The maximum Gasteiger partial charge on any atom is 0.333 e. The molecule has 0 fully saturated rings. The van der Waals surface area contributed by atoms with Gasteiger partial charge < -0.3 is 14.8 Å². The first-order chi connectivity index (χ1) is 10.5. The Hall–Kier alpha value is -2.56. The summed E-state index contributed by atoms with van der Waals surface area (Å²) in [5, 5.41) is 2.71. The highest BCUT2D eigenvalue weighted by Crippen LogP contribution is 2.24. The lowest BCUT2D eigenvalue weighted by molar-refractivity contribution is -0.141. The highest BCUT2D eigenvalue weighted by molar-refractivity contribution is 5.81. The molecule has 4 nitrogen and oxygen atoms in total. The molecule has 2 aromatic carbocycles. The molecule has 5 heteroatoms. The summed E-state index contributed by atoms with van der Waals surface area (Å²) in [6.07, 6.45) is 0. The first-order valence-corrected chi connectivity index (χ1v) is 6.27. The van der Waals surface area contributed by atoms with Gasteiger partial charge in [-0.25, -0.2) is 9.18 Å². The van der Waals surface area contributed by atoms with Crippen LogP contribution >= 0.6 is 0 Å². The van der Waals surface area contributed by atoms with Crippen LogP contribution in [0.25, 0.3) is 0 Å². The third kappa shape index (κ3) is 3.51. The van der Waals surface area contributed by atoms with Crippen LogP contribution in [0.4, 0.5) is 10.1 Å². The topological polar surface area (TPSA) is 47.6 Å². The zero-order valence-electron chi connectivity index (χ0n) is 12.7. The molecule has 1 atom stereocenters. The second-order valence-electron chi connectivity index (χ2n) is 4.20. The molecule has 0 amide bonds. The molecule has 21 heavy (non-hydrogen) atoms. The summed E-state index contributed by atoms with van der Waals surface area (Å²) in [4.78, 5) is 12.1. The number of carbonyl (C=O) groups is 1. The lowest BCUT2D eigenvalue weighted by atomic mass is 10.1. The van der Waals surface area contributed by atoms with Crippen molar-refractivity contribution in [2.45, 2.75) is 6.02 Å². The van der Waals surface area contributed by atoms with E-state index in [2.05, 4.69) is 10.1 Å². The molecule has 0 aliphatic rings. The van der Waals surface area contributed by atoms with Gasteiger partial charge in [0.1, 0.15) is 11.6 Å². The van der Waals surface area contributed by atoms with Gasteiger partial charge in [-0.05, 0) is 30.3 Å². The molecule has 110 valence electrons. The summed E-state index contributed by atoms with van der Waals surface area (Å²) < 4.78 is 32.1. The van der Waals surface area contributed by atoms with E-state index in [4.69, 9.17) is 6.11 Å². The van der Waals surface area contributed by atoms with E-state index in [0.717, 1.165) is 7.11 Å². The number of hydrogen-bond acceptors (Lipinski definition) is 4. The predicted octanol–water partition coefficient (Wildman–Crippen LogP) is 3.16. The van der Waals surface area contributed by atoms with E-state index in [-0.39, 0.29) is 5.56 Å². The highest BCUT2D eigenvalue weighted by Gasteiger charge is 2.24. The first-order valence-electron chi connectivity index (χ1n) is 6.77. The van der Waals surface area contributed by atoms with Crippen molar-refractivity contribution in [2.24, 2.45) is 0 Å². The number of benzene rings is 2. The van der Waals surface area contributed by atoms with E-state index in [1.807, 2.05) is 0 Å². The Labute approximate surface area is 123 Å². The molecule has 0 aromatic heterocycles. The molecule has 0 heterocycles. The van der Waals surface area contributed by atoms with Gasteiger partial charge in [0.15, 0.2) is 6.02 Å². The number of rotatable bonds is 5. The van der Waals surface area contributed by atoms with Crippen LogP contribution in [-0.4, -0.2) is 20.2 Å². The molecular weight excluding hydrogens is 273 g/mol. The Kier molecular flexibility index (Phi) is 4.31. The molecular formula is C16H16FNO3. The summed E-state index contributed by atoms with van der Waals surface area (Å²) in [7, 11) is 2.69. The van der Waals surface area contributed by atoms with Crippen molar-refractivity contribution in [2.75, 3.05) is 19.5 Å². The highest BCUT2D eigenvalue weighted by atomic mass is 19.1. The lowest BCUT2D eigenvalue weighted by Crippen LogP contribution is -2.23. The minimum absolute atomic E-state index is 0.113. The van der Waals surface area contributed by atoms with Crippen molar-refractivity contribution in [3.63, 3.8) is 0 Å². The number of ether oxygens (including phenoxy) is 2.